The molecule has 0 spiro atoms. The first kappa shape index (κ1) is 15.5. The zero-order valence-corrected chi connectivity index (χ0v) is 13.6. The van der Waals surface area contributed by atoms with Gasteiger partial charge in [-0.05, 0) is 32.3 Å². The fourth-order valence-electron chi connectivity index (χ4n) is 3.15. The monoisotopic (exact) mass is 316 g/mol. The van der Waals surface area contributed by atoms with Gasteiger partial charge in [-0.15, -0.1) is 0 Å². The van der Waals surface area contributed by atoms with E-state index in [1.807, 2.05) is 11.8 Å². The van der Waals surface area contributed by atoms with E-state index in [9.17, 15) is 14.4 Å². The normalized spacial score (nSPS) is 18.4. The molecule has 0 aromatic carbocycles. The van der Waals surface area contributed by atoms with Gasteiger partial charge in [0.2, 0.25) is 0 Å². The average Bonchev–Trinajstić information content (AvgIpc) is 2.57. The molecule has 0 N–H and O–H groups in total. The van der Waals surface area contributed by atoms with Crippen molar-refractivity contribution in [3.05, 3.63) is 38.7 Å². The molecule has 1 aliphatic rings. The van der Waals surface area contributed by atoms with Gasteiger partial charge in [0.1, 0.15) is 5.65 Å². The minimum atomic E-state index is -0.433. The van der Waals surface area contributed by atoms with Crippen LogP contribution < -0.4 is 11.2 Å². The van der Waals surface area contributed by atoms with Crippen LogP contribution in [0.2, 0.25) is 0 Å². The predicted molar refractivity (Wildman–Crippen MR) is 86.6 cm³/mol. The van der Waals surface area contributed by atoms with Crippen LogP contribution >= 0.6 is 0 Å². The second-order valence-electron chi connectivity index (χ2n) is 6.14. The fourth-order valence-corrected chi connectivity index (χ4v) is 3.15. The maximum Gasteiger partial charge on any atom is 0.332 e. The number of pyridine rings is 1. The van der Waals surface area contributed by atoms with Gasteiger partial charge >= 0.3 is 5.69 Å². The van der Waals surface area contributed by atoms with E-state index in [1.54, 1.807) is 13.1 Å². The van der Waals surface area contributed by atoms with Crippen LogP contribution in [0.3, 0.4) is 0 Å². The Labute approximate surface area is 133 Å². The zero-order valence-electron chi connectivity index (χ0n) is 13.6. The van der Waals surface area contributed by atoms with Crippen molar-refractivity contribution in [3.8, 4) is 0 Å². The summed E-state index contributed by atoms with van der Waals surface area (Å²) in [6, 6.07) is 1.74. The summed E-state index contributed by atoms with van der Waals surface area (Å²) in [6.07, 6.45) is 4.56. The minimum Gasteiger partial charge on any atom is -0.336 e. The number of likely N-dealkylation sites (tertiary alicyclic amines) is 1. The van der Waals surface area contributed by atoms with Crippen LogP contribution in [-0.2, 0) is 14.1 Å². The van der Waals surface area contributed by atoms with Crippen LogP contribution in [0.5, 0.6) is 0 Å². The van der Waals surface area contributed by atoms with Crippen molar-refractivity contribution in [3.63, 3.8) is 0 Å². The highest BCUT2D eigenvalue weighted by Crippen LogP contribution is 2.19. The second kappa shape index (κ2) is 5.64. The molecule has 7 heteroatoms. The third-order valence-corrected chi connectivity index (χ3v) is 4.60. The molecule has 0 bridgehead atoms. The summed E-state index contributed by atoms with van der Waals surface area (Å²) in [4.78, 5) is 43.0. The van der Waals surface area contributed by atoms with Gasteiger partial charge in [-0.3, -0.25) is 18.7 Å². The van der Waals surface area contributed by atoms with Gasteiger partial charge in [0.15, 0.2) is 0 Å². The number of piperidine rings is 1. The molecule has 1 fully saturated rings. The molecule has 0 aliphatic carbocycles. The number of hydrogen-bond donors (Lipinski definition) is 0. The van der Waals surface area contributed by atoms with Gasteiger partial charge in [-0.25, -0.2) is 9.78 Å². The molecule has 1 aliphatic heterocycles. The highest BCUT2D eigenvalue weighted by molar-refractivity contribution is 5.97. The highest BCUT2D eigenvalue weighted by atomic mass is 16.2. The summed E-state index contributed by atoms with van der Waals surface area (Å²) < 4.78 is 2.34. The largest absolute Gasteiger partial charge is 0.336 e. The maximum absolute atomic E-state index is 12.7. The first-order chi connectivity index (χ1) is 10.9. The van der Waals surface area contributed by atoms with Gasteiger partial charge in [-0.1, -0.05) is 0 Å². The van der Waals surface area contributed by atoms with Gasteiger partial charge in [0, 0.05) is 32.9 Å². The Hall–Kier alpha value is -2.44. The lowest BCUT2D eigenvalue weighted by molar-refractivity contribution is 0.0635. The Morgan fingerprint density at radius 3 is 2.65 bits per heavy atom. The average molecular weight is 316 g/mol. The third-order valence-electron chi connectivity index (χ3n) is 4.60. The Bertz CT molecular complexity index is 897. The van der Waals surface area contributed by atoms with Crippen LogP contribution in [0.1, 0.15) is 36.5 Å². The highest BCUT2D eigenvalue weighted by Gasteiger charge is 2.25. The number of hydrogen-bond acceptors (Lipinski definition) is 4. The molecule has 1 atom stereocenters. The number of carbonyl (C=O) groups excluding carboxylic acids is 1. The molecule has 1 saturated heterocycles. The molecule has 7 nitrogen and oxygen atoms in total. The molecular weight excluding hydrogens is 296 g/mol. The number of rotatable bonds is 1. The Morgan fingerprint density at radius 2 is 1.96 bits per heavy atom. The molecular formula is C16H20N4O3. The van der Waals surface area contributed by atoms with Crippen molar-refractivity contribution in [2.75, 3.05) is 6.54 Å². The van der Waals surface area contributed by atoms with Crippen molar-refractivity contribution in [2.45, 2.75) is 32.2 Å². The number of aryl methyl sites for hydroxylation is 1. The van der Waals surface area contributed by atoms with Crippen LogP contribution in [0.15, 0.2) is 21.9 Å². The lowest BCUT2D eigenvalue weighted by Gasteiger charge is -2.33. The summed E-state index contributed by atoms with van der Waals surface area (Å²) in [5.41, 5.74) is -0.181. The summed E-state index contributed by atoms with van der Waals surface area (Å²) in [7, 11) is 2.98. The molecule has 1 amide bonds. The lowest BCUT2D eigenvalue weighted by atomic mass is 10.0. The molecule has 3 heterocycles. The summed E-state index contributed by atoms with van der Waals surface area (Å²) in [5, 5.41) is 0.283. The smallest absolute Gasteiger partial charge is 0.332 e. The van der Waals surface area contributed by atoms with Crippen molar-refractivity contribution in [1.29, 1.82) is 0 Å². The number of amides is 1. The van der Waals surface area contributed by atoms with E-state index in [2.05, 4.69) is 4.98 Å². The van der Waals surface area contributed by atoms with Gasteiger partial charge in [0.25, 0.3) is 11.5 Å². The molecule has 122 valence electrons. The maximum atomic E-state index is 12.7. The first-order valence-electron chi connectivity index (χ1n) is 7.78. The van der Waals surface area contributed by atoms with E-state index in [4.69, 9.17) is 0 Å². The first-order valence-corrected chi connectivity index (χ1v) is 7.78. The van der Waals surface area contributed by atoms with Gasteiger partial charge < -0.3 is 4.90 Å². The zero-order chi connectivity index (χ0) is 16.7. The van der Waals surface area contributed by atoms with Crippen LogP contribution in [0.4, 0.5) is 0 Å². The van der Waals surface area contributed by atoms with Crippen molar-refractivity contribution in [2.24, 2.45) is 14.1 Å². The van der Waals surface area contributed by atoms with Crippen molar-refractivity contribution >= 4 is 16.9 Å². The van der Waals surface area contributed by atoms with Crippen LogP contribution in [0, 0.1) is 0 Å². The van der Waals surface area contributed by atoms with E-state index in [0.717, 1.165) is 30.4 Å². The number of carbonyl (C=O) groups is 1. The third kappa shape index (κ3) is 2.46. The van der Waals surface area contributed by atoms with Crippen LogP contribution in [-0.4, -0.2) is 37.5 Å². The summed E-state index contributed by atoms with van der Waals surface area (Å²) >= 11 is 0. The van der Waals surface area contributed by atoms with E-state index >= 15 is 0 Å². The van der Waals surface area contributed by atoms with E-state index in [-0.39, 0.29) is 17.3 Å². The SMILES string of the molecule is C[C@@H]1CCCCN1C(=O)c1cnc2c(c1)c(=O)n(C)c(=O)n2C. The Morgan fingerprint density at radius 1 is 1.22 bits per heavy atom. The molecule has 2 aromatic heterocycles. The summed E-state index contributed by atoms with van der Waals surface area (Å²) in [6.45, 7) is 2.76. The summed E-state index contributed by atoms with van der Waals surface area (Å²) in [5.74, 6) is -0.109. The van der Waals surface area contributed by atoms with Crippen molar-refractivity contribution in [1.82, 2.24) is 19.0 Å². The van der Waals surface area contributed by atoms with Crippen LogP contribution in [0.25, 0.3) is 11.0 Å². The number of aromatic nitrogens is 3. The predicted octanol–water partition coefficient (Wildman–Crippen LogP) is 0.647. The second-order valence-corrected chi connectivity index (χ2v) is 6.14. The molecule has 0 unspecified atom stereocenters. The molecule has 0 saturated carbocycles. The minimum absolute atomic E-state index is 0.109. The Balaban J connectivity index is 2.12. The molecule has 2 aromatic rings. The molecule has 23 heavy (non-hydrogen) atoms. The van der Waals surface area contributed by atoms with E-state index in [0.29, 0.717) is 11.2 Å². The van der Waals surface area contributed by atoms with Gasteiger partial charge in [0.05, 0.1) is 10.9 Å². The van der Waals surface area contributed by atoms with Crippen molar-refractivity contribution < 1.29 is 4.79 Å². The Kier molecular flexibility index (Phi) is 3.79. The topological polar surface area (TPSA) is 77.2 Å². The molecule has 3 rings (SSSR count). The quantitative estimate of drug-likeness (QED) is 0.774. The lowest BCUT2D eigenvalue weighted by Crippen LogP contribution is -2.42. The van der Waals surface area contributed by atoms with Gasteiger partial charge in [-0.2, -0.15) is 0 Å². The number of nitrogens with zero attached hydrogens (tertiary/aromatic N) is 4. The standard InChI is InChI=1S/C16H20N4O3/c1-10-6-4-5-7-20(10)14(21)11-8-12-13(17-9-11)18(2)16(23)19(3)15(12)22/h8-10H,4-7H2,1-3H3/t10-/m1/s1. The number of fused-ring (bicyclic) bond motifs is 1. The molecule has 0 radical (unpaired) electrons. The fraction of sp³-hybridized carbons (Fsp3) is 0.500. The van der Waals surface area contributed by atoms with E-state index < -0.39 is 11.2 Å². The van der Waals surface area contributed by atoms with E-state index in [1.165, 1.54) is 17.8 Å².